The minimum Gasteiger partial charge on any atom is -0.307 e. The molecule has 0 amide bonds. The first kappa shape index (κ1) is 25.1. The Labute approximate surface area is 250 Å². The van der Waals surface area contributed by atoms with Crippen LogP contribution in [0.5, 0.6) is 0 Å². The number of hydrogen-bond acceptors (Lipinski definition) is 3. The van der Waals surface area contributed by atoms with Crippen molar-refractivity contribution in [1.29, 1.82) is 15.8 Å². The predicted octanol–water partition coefficient (Wildman–Crippen LogP) is 9.01. The number of fused-ring (bicyclic) bond motifs is 9. The summed E-state index contributed by atoms with van der Waals surface area (Å²) in [5, 5.41) is 32.5. The van der Waals surface area contributed by atoms with E-state index in [1.807, 2.05) is 0 Å². The lowest BCUT2D eigenvalue weighted by molar-refractivity contribution is 0.660. The molecule has 0 bridgehead atoms. The van der Waals surface area contributed by atoms with Crippen molar-refractivity contribution in [3.8, 4) is 46.1 Å². The molecule has 0 aliphatic heterocycles. The molecule has 0 N–H and O–H groups in total. The van der Waals surface area contributed by atoms with E-state index in [-0.39, 0.29) is 10.8 Å². The number of nitrogens with zero attached hydrogens (tertiary/aromatic N) is 4. The molecule has 0 unspecified atom stereocenters. The number of hydrogen-bond donors (Lipinski definition) is 0. The third kappa shape index (κ3) is 3.07. The number of rotatable bonds is 1. The predicted molar refractivity (Wildman–Crippen MR) is 170 cm³/mol. The summed E-state index contributed by atoms with van der Waals surface area (Å²) in [6.07, 6.45) is 0. The second kappa shape index (κ2) is 8.23. The van der Waals surface area contributed by atoms with Crippen LogP contribution in [0.1, 0.15) is 66.6 Å². The number of nitriles is 3. The van der Waals surface area contributed by atoms with Crippen LogP contribution in [0.4, 0.5) is 0 Å². The molecule has 5 aromatic carbocycles. The van der Waals surface area contributed by atoms with Crippen LogP contribution < -0.4 is 0 Å². The molecule has 2 aliphatic rings. The highest BCUT2D eigenvalue weighted by atomic mass is 15.0. The monoisotopic (exact) mass is 550 g/mol. The van der Waals surface area contributed by atoms with Crippen molar-refractivity contribution < 1.29 is 0 Å². The fraction of sp³-hybridized carbons (Fsp3) is 0.154. The molecular formula is C39H26N4. The van der Waals surface area contributed by atoms with E-state index in [1.54, 1.807) is 12.1 Å². The molecule has 0 fully saturated rings. The Morgan fingerprint density at radius 1 is 0.512 bits per heavy atom. The van der Waals surface area contributed by atoms with Crippen LogP contribution in [0.2, 0.25) is 0 Å². The Bertz CT molecular complexity index is 2220. The number of benzene rings is 5. The molecule has 2 aliphatic carbocycles. The SMILES string of the molecule is CC1(C)c2ccccc2-c2cc3c4cc5c(cc4n(-c4c(C#N)cc(C#N)cc4C#N)c3cc21)C(C)(C)c1ccccc1-5. The van der Waals surface area contributed by atoms with Gasteiger partial charge in [0.2, 0.25) is 0 Å². The second-order valence-electron chi connectivity index (χ2n) is 12.8. The van der Waals surface area contributed by atoms with Gasteiger partial charge in [-0.25, -0.2) is 0 Å². The average Bonchev–Trinajstić information content (AvgIpc) is 3.55. The van der Waals surface area contributed by atoms with Crippen molar-refractivity contribution in [3.05, 3.63) is 124 Å². The van der Waals surface area contributed by atoms with E-state index in [0.717, 1.165) is 21.8 Å². The van der Waals surface area contributed by atoms with Gasteiger partial charge in [-0.05, 0) is 80.9 Å². The van der Waals surface area contributed by atoms with Gasteiger partial charge >= 0.3 is 0 Å². The van der Waals surface area contributed by atoms with Gasteiger partial charge < -0.3 is 4.57 Å². The van der Waals surface area contributed by atoms with Gasteiger partial charge in [0.15, 0.2) is 0 Å². The Balaban J connectivity index is 1.58. The first-order chi connectivity index (χ1) is 20.7. The summed E-state index contributed by atoms with van der Waals surface area (Å²) >= 11 is 0. The largest absolute Gasteiger partial charge is 0.307 e. The van der Waals surface area contributed by atoms with Crippen LogP contribution in [0.3, 0.4) is 0 Å². The van der Waals surface area contributed by atoms with E-state index in [1.165, 1.54) is 44.5 Å². The lowest BCUT2D eigenvalue weighted by Crippen LogP contribution is -2.15. The molecule has 1 aromatic heterocycles. The summed E-state index contributed by atoms with van der Waals surface area (Å²) in [5.74, 6) is 0. The molecule has 0 saturated heterocycles. The molecule has 4 heteroatoms. The highest BCUT2D eigenvalue weighted by Crippen LogP contribution is 2.54. The van der Waals surface area contributed by atoms with Crippen molar-refractivity contribution in [3.63, 3.8) is 0 Å². The van der Waals surface area contributed by atoms with E-state index < -0.39 is 0 Å². The molecule has 0 saturated carbocycles. The molecule has 43 heavy (non-hydrogen) atoms. The summed E-state index contributed by atoms with van der Waals surface area (Å²) in [6.45, 7) is 9.03. The van der Waals surface area contributed by atoms with Crippen LogP contribution in [0.15, 0.2) is 84.9 Å². The van der Waals surface area contributed by atoms with Crippen molar-refractivity contribution >= 4 is 21.8 Å². The Morgan fingerprint density at radius 3 is 1.37 bits per heavy atom. The van der Waals surface area contributed by atoms with Crippen molar-refractivity contribution in [2.75, 3.05) is 0 Å². The molecular weight excluding hydrogens is 524 g/mol. The average molecular weight is 551 g/mol. The Kier molecular flexibility index (Phi) is 4.80. The highest BCUT2D eigenvalue weighted by molar-refractivity contribution is 6.14. The molecule has 1 heterocycles. The second-order valence-corrected chi connectivity index (χ2v) is 12.8. The van der Waals surface area contributed by atoms with E-state index in [4.69, 9.17) is 0 Å². The summed E-state index contributed by atoms with van der Waals surface area (Å²) in [6, 6.07) is 36.2. The summed E-state index contributed by atoms with van der Waals surface area (Å²) in [4.78, 5) is 0. The van der Waals surface area contributed by atoms with Gasteiger partial charge in [-0.3, -0.25) is 0 Å². The third-order valence-electron chi connectivity index (χ3n) is 9.88. The molecule has 8 rings (SSSR count). The Morgan fingerprint density at radius 2 is 0.953 bits per heavy atom. The van der Waals surface area contributed by atoms with Gasteiger partial charge in [-0.15, -0.1) is 0 Å². The maximum Gasteiger partial charge on any atom is 0.101 e. The lowest BCUT2D eigenvalue weighted by Gasteiger charge is -2.22. The minimum absolute atomic E-state index is 0.217. The minimum atomic E-state index is -0.217. The molecule has 0 radical (unpaired) electrons. The summed E-state index contributed by atoms with van der Waals surface area (Å²) in [7, 11) is 0. The van der Waals surface area contributed by atoms with Crippen LogP contribution >= 0.6 is 0 Å². The molecule has 4 nitrogen and oxygen atoms in total. The van der Waals surface area contributed by atoms with Crippen molar-refractivity contribution in [2.45, 2.75) is 38.5 Å². The van der Waals surface area contributed by atoms with Crippen LogP contribution in [0.25, 0.3) is 49.7 Å². The van der Waals surface area contributed by atoms with Gasteiger partial charge in [0, 0.05) is 21.6 Å². The van der Waals surface area contributed by atoms with E-state index in [9.17, 15) is 15.8 Å². The Hall–Kier alpha value is -5.63. The first-order valence-corrected chi connectivity index (χ1v) is 14.5. The normalized spacial score (nSPS) is 14.8. The van der Waals surface area contributed by atoms with Crippen LogP contribution in [0, 0.1) is 34.0 Å². The molecule has 202 valence electrons. The first-order valence-electron chi connectivity index (χ1n) is 14.5. The maximum atomic E-state index is 10.3. The fourth-order valence-electron chi connectivity index (χ4n) is 7.76. The topological polar surface area (TPSA) is 76.3 Å². The van der Waals surface area contributed by atoms with Gasteiger partial charge in [0.05, 0.1) is 39.5 Å². The standard InChI is InChI=1S/C39H26N4/c1-38(2)31-11-7-5-9-25(31)27-15-29-30-16-28-26-10-6-8-12-32(26)39(3,4)34(28)18-36(30)43(35(29)17-33(27)38)37-23(20-41)13-22(19-40)14-24(37)21-42/h5-18H,1-4H3. The van der Waals surface area contributed by atoms with Crippen molar-refractivity contribution in [2.24, 2.45) is 0 Å². The zero-order valence-corrected chi connectivity index (χ0v) is 24.4. The lowest BCUT2D eigenvalue weighted by atomic mass is 9.82. The maximum absolute atomic E-state index is 10.3. The number of aromatic nitrogens is 1. The zero-order valence-electron chi connectivity index (χ0n) is 24.4. The van der Waals surface area contributed by atoms with Gasteiger partial charge in [0.1, 0.15) is 12.1 Å². The van der Waals surface area contributed by atoms with E-state index in [2.05, 4.69) is 123 Å². The van der Waals surface area contributed by atoms with Gasteiger partial charge in [0.25, 0.3) is 0 Å². The smallest absolute Gasteiger partial charge is 0.101 e. The molecule has 0 spiro atoms. The summed E-state index contributed by atoms with van der Waals surface area (Å²) in [5.41, 5.74) is 12.8. The molecule has 6 aromatic rings. The highest BCUT2D eigenvalue weighted by Gasteiger charge is 2.38. The zero-order chi connectivity index (χ0) is 29.8. The summed E-state index contributed by atoms with van der Waals surface area (Å²) < 4.78 is 2.10. The third-order valence-corrected chi connectivity index (χ3v) is 9.88. The van der Waals surface area contributed by atoms with E-state index in [0.29, 0.717) is 22.4 Å². The van der Waals surface area contributed by atoms with E-state index >= 15 is 0 Å². The fourth-order valence-corrected chi connectivity index (χ4v) is 7.76. The molecule has 0 atom stereocenters. The van der Waals surface area contributed by atoms with Crippen LogP contribution in [-0.2, 0) is 10.8 Å². The van der Waals surface area contributed by atoms with Crippen molar-refractivity contribution in [1.82, 2.24) is 4.57 Å². The quantitative estimate of drug-likeness (QED) is 0.205. The van der Waals surface area contributed by atoms with Gasteiger partial charge in [-0.2, -0.15) is 15.8 Å². The van der Waals surface area contributed by atoms with Crippen LogP contribution in [-0.4, -0.2) is 4.57 Å². The van der Waals surface area contributed by atoms with Gasteiger partial charge in [-0.1, -0.05) is 76.2 Å².